The maximum Gasteiger partial charge on any atom is 0.304 e. The molecule has 1 unspecified atom stereocenters. The first-order valence-electron chi connectivity index (χ1n) is 5.93. The third kappa shape index (κ3) is 3.44. The Morgan fingerprint density at radius 1 is 1.25 bits per heavy atom. The molecule has 4 nitrogen and oxygen atoms in total. The SMILES string of the molecule is CC(Nc1ccc([N+](=O)[O-])c(F)c1)c1ccc(I)cc1. The minimum atomic E-state index is -0.838. The van der Waals surface area contributed by atoms with Crippen molar-refractivity contribution in [2.75, 3.05) is 5.32 Å². The fraction of sp³-hybridized carbons (Fsp3) is 0.143. The monoisotopic (exact) mass is 386 g/mol. The van der Waals surface area contributed by atoms with Crippen LogP contribution in [0.5, 0.6) is 0 Å². The molecule has 2 aromatic carbocycles. The predicted octanol–water partition coefficient (Wildman–Crippen LogP) is 4.51. The summed E-state index contributed by atoms with van der Waals surface area (Å²) in [6.07, 6.45) is 0. The molecule has 0 heterocycles. The van der Waals surface area contributed by atoms with Gasteiger partial charge in [-0.15, -0.1) is 0 Å². The van der Waals surface area contributed by atoms with Gasteiger partial charge in [-0.05, 0) is 53.3 Å². The number of benzene rings is 2. The molecule has 1 N–H and O–H groups in total. The van der Waals surface area contributed by atoms with Crippen LogP contribution in [0.25, 0.3) is 0 Å². The zero-order chi connectivity index (χ0) is 14.7. The van der Waals surface area contributed by atoms with Crippen LogP contribution in [0.2, 0.25) is 0 Å². The summed E-state index contributed by atoms with van der Waals surface area (Å²) in [5.41, 5.74) is 1.06. The summed E-state index contributed by atoms with van der Waals surface area (Å²) >= 11 is 2.22. The molecule has 0 aliphatic heterocycles. The molecule has 1 atom stereocenters. The Kier molecular flexibility index (Phi) is 4.53. The van der Waals surface area contributed by atoms with Gasteiger partial charge < -0.3 is 5.32 Å². The van der Waals surface area contributed by atoms with Gasteiger partial charge in [-0.2, -0.15) is 4.39 Å². The minimum Gasteiger partial charge on any atom is -0.378 e. The molecule has 20 heavy (non-hydrogen) atoms. The second kappa shape index (κ2) is 6.17. The van der Waals surface area contributed by atoms with E-state index in [0.717, 1.165) is 21.3 Å². The number of nitrogens with zero attached hydrogens (tertiary/aromatic N) is 1. The molecule has 2 aromatic rings. The summed E-state index contributed by atoms with van der Waals surface area (Å²) < 4.78 is 14.7. The van der Waals surface area contributed by atoms with Crippen molar-refractivity contribution in [1.29, 1.82) is 0 Å². The summed E-state index contributed by atoms with van der Waals surface area (Å²) in [6.45, 7) is 1.95. The third-order valence-corrected chi connectivity index (χ3v) is 3.62. The lowest BCUT2D eigenvalue weighted by molar-refractivity contribution is -0.387. The van der Waals surface area contributed by atoms with E-state index < -0.39 is 16.4 Å². The lowest BCUT2D eigenvalue weighted by atomic mass is 10.1. The predicted molar refractivity (Wildman–Crippen MR) is 84.3 cm³/mol. The van der Waals surface area contributed by atoms with Gasteiger partial charge in [0.1, 0.15) is 0 Å². The number of rotatable bonds is 4. The lowest BCUT2D eigenvalue weighted by Crippen LogP contribution is -2.07. The summed E-state index contributed by atoms with van der Waals surface area (Å²) in [5.74, 6) is -0.838. The topological polar surface area (TPSA) is 55.2 Å². The smallest absolute Gasteiger partial charge is 0.304 e. The number of halogens is 2. The van der Waals surface area contributed by atoms with Gasteiger partial charge in [-0.1, -0.05) is 12.1 Å². The Balaban J connectivity index is 2.15. The Morgan fingerprint density at radius 3 is 2.45 bits per heavy atom. The van der Waals surface area contributed by atoms with Gasteiger partial charge >= 0.3 is 5.69 Å². The summed E-state index contributed by atoms with van der Waals surface area (Å²) in [5, 5.41) is 13.7. The standard InChI is InChI=1S/C14H12FIN2O2/c1-9(10-2-4-11(16)5-3-10)17-12-6-7-14(18(19)20)13(15)8-12/h2-9,17H,1H3. The Morgan fingerprint density at radius 2 is 1.90 bits per heavy atom. The van der Waals surface area contributed by atoms with Gasteiger partial charge in [0, 0.05) is 27.4 Å². The average Bonchev–Trinajstić information content (AvgIpc) is 2.39. The number of anilines is 1. The molecule has 0 fully saturated rings. The Hall–Kier alpha value is -1.70. The maximum absolute atomic E-state index is 13.5. The van der Waals surface area contributed by atoms with E-state index in [2.05, 4.69) is 27.9 Å². The Bertz CT molecular complexity index is 632. The van der Waals surface area contributed by atoms with E-state index in [1.807, 2.05) is 31.2 Å². The summed E-state index contributed by atoms with van der Waals surface area (Å²) in [6, 6.07) is 11.7. The molecule has 104 valence electrons. The van der Waals surface area contributed by atoms with Crippen molar-refractivity contribution in [3.8, 4) is 0 Å². The molecule has 0 saturated carbocycles. The first kappa shape index (κ1) is 14.7. The van der Waals surface area contributed by atoms with Gasteiger partial charge in [-0.3, -0.25) is 10.1 Å². The molecule has 0 bridgehead atoms. The highest BCUT2D eigenvalue weighted by Crippen LogP contribution is 2.24. The normalized spacial score (nSPS) is 11.9. The molecular formula is C14H12FIN2O2. The minimum absolute atomic E-state index is 0.0205. The molecule has 0 radical (unpaired) electrons. The van der Waals surface area contributed by atoms with E-state index in [9.17, 15) is 14.5 Å². The van der Waals surface area contributed by atoms with Crippen LogP contribution in [0.15, 0.2) is 42.5 Å². The van der Waals surface area contributed by atoms with Gasteiger partial charge in [0.15, 0.2) is 0 Å². The number of nitro benzene ring substituents is 1. The van der Waals surface area contributed by atoms with Crippen LogP contribution in [0.3, 0.4) is 0 Å². The van der Waals surface area contributed by atoms with E-state index in [1.54, 1.807) is 0 Å². The van der Waals surface area contributed by atoms with Crippen molar-refractivity contribution in [2.45, 2.75) is 13.0 Å². The number of hydrogen-bond acceptors (Lipinski definition) is 3. The fourth-order valence-corrected chi connectivity index (χ4v) is 2.19. The molecule has 0 aromatic heterocycles. The van der Waals surface area contributed by atoms with E-state index in [4.69, 9.17) is 0 Å². The van der Waals surface area contributed by atoms with Gasteiger partial charge in [0.25, 0.3) is 0 Å². The highest BCUT2D eigenvalue weighted by Gasteiger charge is 2.14. The lowest BCUT2D eigenvalue weighted by Gasteiger charge is -2.15. The molecule has 0 saturated heterocycles. The van der Waals surface area contributed by atoms with Crippen LogP contribution in [0.1, 0.15) is 18.5 Å². The summed E-state index contributed by atoms with van der Waals surface area (Å²) in [4.78, 5) is 9.82. The second-order valence-electron chi connectivity index (χ2n) is 4.34. The highest BCUT2D eigenvalue weighted by atomic mass is 127. The van der Waals surface area contributed by atoms with Crippen molar-refractivity contribution in [3.05, 3.63) is 67.5 Å². The quantitative estimate of drug-likeness (QED) is 0.478. The third-order valence-electron chi connectivity index (χ3n) is 2.90. The molecule has 2 rings (SSSR count). The zero-order valence-electron chi connectivity index (χ0n) is 10.6. The van der Waals surface area contributed by atoms with Crippen LogP contribution >= 0.6 is 22.6 Å². The molecular weight excluding hydrogens is 374 g/mol. The van der Waals surface area contributed by atoms with Crippen molar-refractivity contribution in [3.63, 3.8) is 0 Å². The van der Waals surface area contributed by atoms with E-state index in [-0.39, 0.29) is 6.04 Å². The largest absolute Gasteiger partial charge is 0.378 e. The van der Waals surface area contributed by atoms with Crippen molar-refractivity contribution < 1.29 is 9.31 Å². The highest BCUT2D eigenvalue weighted by molar-refractivity contribution is 14.1. The van der Waals surface area contributed by atoms with Gasteiger partial charge in [0.05, 0.1) is 4.92 Å². The van der Waals surface area contributed by atoms with E-state index in [0.29, 0.717) is 5.69 Å². The van der Waals surface area contributed by atoms with Crippen LogP contribution in [0, 0.1) is 19.5 Å². The van der Waals surface area contributed by atoms with E-state index >= 15 is 0 Å². The Labute approximate surface area is 129 Å². The van der Waals surface area contributed by atoms with Crippen molar-refractivity contribution >= 4 is 34.0 Å². The first-order chi connectivity index (χ1) is 9.47. The number of nitrogens with one attached hydrogen (secondary N) is 1. The van der Waals surface area contributed by atoms with Gasteiger partial charge in [-0.25, -0.2) is 0 Å². The number of hydrogen-bond donors (Lipinski definition) is 1. The van der Waals surface area contributed by atoms with Gasteiger partial charge in [0.2, 0.25) is 5.82 Å². The van der Waals surface area contributed by atoms with Crippen LogP contribution in [0.4, 0.5) is 15.8 Å². The fourth-order valence-electron chi connectivity index (χ4n) is 1.83. The number of nitro groups is 1. The maximum atomic E-state index is 13.5. The van der Waals surface area contributed by atoms with E-state index in [1.165, 1.54) is 6.07 Å². The van der Waals surface area contributed by atoms with Crippen molar-refractivity contribution in [1.82, 2.24) is 0 Å². The first-order valence-corrected chi connectivity index (χ1v) is 7.01. The molecule has 0 spiro atoms. The molecule has 6 heteroatoms. The molecule has 0 aliphatic carbocycles. The van der Waals surface area contributed by atoms with Crippen LogP contribution < -0.4 is 5.32 Å². The molecule has 0 amide bonds. The van der Waals surface area contributed by atoms with Crippen LogP contribution in [-0.2, 0) is 0 Å². The zero-order valence-corrected chi connectivity index (χ0v) is 12.8. The van der Waals surface area contributed by atoms with Crippen LogP contribution in [-0.4, -0.2) is 4.92 Å². The summed E-state index contributed by atoms with van der Waals surface area (Å²) in [7, 11) is 0. The second-order valence-corrected chi connectivity index (χ2v) is 5.59. The van der Waals surface area contributed by atoms with Crippen molar-refractivity contribution in [2.24, 2.45) is 0 Å². The molecule has 0 aliphatic rings. The average molecular weight is 386 g/mol.